The number of aromatic nitrogens is 3. The molecule has 0 aromatic carbocycles. The highest BCUT2D eigenvalue weighted by Crippen LogP contribution is 2.23. The van der Waals surface area contributed by atoms with Gasteiger partial charge in [-0.05, 0) is 23.6 Å². The first-order valence-corrected chi connectivity index (χ1v) is 5.40. The van der Waals surface area contributed by atoms with Gasteiger partial charge < -0.3 is 0 Å². The van der Waals surface area contributed by atoms with Crippen molar-refractivity contribution in [2.45, 2.75) is 0 Å². The second-order valence-corrected chi connectivity index (χ2v) is 3.96. The number of fused-ring (bicyclic) bond motifs is 1. The third-order valence-electron chi connectivity index (χ3n) is 2.10. The van der Waals surface area contributed by atoms with E-state index < -0.39 is 0 Å². The van der Waals surface area contributed by atoms with E-state index in [0.29, 0.717) is 0 Å². The fraction of sp³-hybridized carbons (Fsp3) is 0. The molecule has 0 amide bonds. The highest BCUT2D eigenvalue weighted by Gasteiger charge is 2.03. The summed E-state index contributed by atoms with van der Waals surface area (Å²) in [6.07, 6.45) is 5.44. The highest BCUT2D eigenvalue weighted by molar-refractivity contribution is 7.16. The summed E-state index contributed by atoms with van der Waals surface area (Å²) < 4.78 is 1.86. The molecule has 15 heavy (non-hydrogen) atoms. The van der Waals surface area contributed by atoms with Crippen molar-refractivity contribution in [2.24, 2.45) is 0 Å². The van der Waals surface area contributed by atoms with Gasteiger partial charge in [-0.3, -0.25) is 10.1 Å². The topological polar surface area (TPSA) is 42.7 Å². The molecule has 3 heterocycles. The standard InChI is InChI=1S/C10H8N4S/c1-2-5-14(4-1)13-9-8-3-6-15-10(8)12-7-11-9/h1-7H,(H,11,12,13). The lowest BCUT2D eigenvalue weighted by Gasteiger charge is -2.06. The molecule has 0 bridgehead atoms. The van der Waals surface area contributed by atoms with Crippen LogP contribution in [0.3, 0.4) is 0 Å². The van der Waals surface area contributed by atoms with Crippen LogP contribution in [0.4, 0.5) is 5.82 Å². The lowest BCUT2D eigenvalue weighted by Crippen LogP contribution is -2.07. The molecule has 0 aliphatic carbocycles. The van der Waals surface area contributed by atoms with Gasteiger partial charge in [-0.25, -0.2) is 9.97 Å². The predicted octanol–water partition coefficient (Wildman–Crippen LogP) is 2.37. The van der Waals surface area contributed by atoms with Crippen LogP contribution in [0.15, 0.2) is 42.3 Å². The third kappa shape index (κ3) is 1.46. The van der Waals surface area contributed by atoms with Crippen molar-refractivity contribution in [3.63, 3.8) is 0 Å². The van der Waals surface area contributed by atoms with Crippen molar-refractivity contribution in [2.75, 3.05) is 5.43 Å². The van der Waals surface area contributed by atoms with Crippen LogP contribution in [-0.2, 0) is 0 Å². The fourth-order valence-corrected chi connectivity index (χ4v) is 2.14. The van der Waals surface area contributed by atoms with Gasteiger partial charge in [-0.1, -0.05) is 0 Å². The Labute approximate surface area is 90.2 Å². The van der Waals surface area contributed by atoms with Gasteiger partial charge in [0.05, 0.1) is 5.39 Å². The maximum Gasteiger partial charge on any atom is 0.157 e. The van der Waals surface area contributed by atoms with Gasteiger partial charge >= 0.3 is 0 Å². The number of hydrogen-bond donors (Lipinski definition) is 1. The predicted molar refractivity (Wildman–Crippen MR) is 60.9 cm³/mol. The van der Waals surface area contributed by atoms with E-state index in [1.807, 2.05) is 40.6 Å². The lowest BCUT2D eigenvalue weighted by molar-refractivity contribution is 0.954. The van der Waals surface area contributed by atoms with Gasteiger partial charge in [-0.2, -0.15) is 0 Å². The van der Waals surface area contributed by atoms with Crippen LogP contribution in [0.1, 0.15) is 0 Å². The fourth-order valence-electron chi connectivity index (χ4n) is 1.41. The van der Waals surface area contributed by atoms with E-state index in [2.05, 4.69) is 15.4 Å². The molecule has 1 N–H and O–H groups in total. The summed E-state index contributed by atoms with van der Waals surface area (Å²) in [6, 6.07) is 5.93. The van der Waals surface area contributed by atoms with Crippen LogP contribution in [0.5, 0.6) is 0 Å². The number of nitrogens with one attached hydrogen (secondary N) is 1. The molecule has 3 aromatic heterocycles. The molecule has 5 heteroatoms. The molecule has 0 saturated carbocycles. The second-order valence-electron chi connectivity index (χ2n) is 3.06. The normalized spacial score (nSPS) is 10.7. The molecule has 3 rings (SSSR count). The first-order chi connectivity index (χ1) is 7.43. The minimum Gasteiger partial charge on any atom is -0.277 e. The smallest absolute Gasteiger partial charge is 0.157 e. The summed E-state index contributed by atoms with van der Waals surface area (Å²) in [7, 11) is 0. The van der Waals surface area contributed by atoms with Crippen LogP contribution in [0.2, 0.25) is 0 Å². The Morgan fingerprint density at radius 1 is 1.20 bits per heavy atom. The number of thiophene rings is 1. The molecule has 0 fully saturated rings. The molecular weight excluding hydrogens is 208 g/mol. The Morgan fingerprint density at radius 2 is 2.07 bits per heavy atom. The average molecular weight is 216 g/mol. The van der Waals surface area contributed by atoms with Crippen molar-refractivity contribution < 1.29 is 0 Å². The van der Waals surface area contributed by atoms with Crippen molar-refractivity contribution in [1.82, 2.24) is 14.6 Å². The van der Waals surface area contributed by atoms with E-state index in [4.69, 9.17) is 0 Å². The summed E-state index contributed by atoms with van der Waals surface area (Å²) in [4.78, 5) is 9.41. The van der Waals surface area contributed by atoms with E-state index in [1.165, 1.54) is 0 Å². The van der Waals surface area contributed by atoms with E-state index in [1.54, 1.807) is 17.7 Å². The molecule has 0 atom stereocenters. The summed E-state index contributed by atoms with van der Waals surface area (Å²) in [5.41, 5.74) is 3.19. The van der Waals surface area contributed by atoms with Crippen LogP contribution in [0, 0.1) is 0 Å². The molecule has 0 unspecified atom stereocenters. The Kier molecular flexibility index (Phi) is 1.89. The SMILES string of the molecule is c1ccn(Nc2ncnc3sccc23)c1. The van der Waals surface area contributed by atoms with Crippen molar-refractivity contribution in [1.29, 1.82) is 0 Å². The molecule has 0 radical (unpaired) electrons. The zero-order chi connectivity index (χ0) is 10.1. The molecule has 0 saturated heterocycles. The number of anilines is 1. The van der Waals surface area contributed by atoms with Crippen LogP contribution in [0.25, 0.3) is 10.2 Å². The number of hydrogen-bond acceptors (Lipinski definition) is 4. The first kappa shape index (κ1) is 8.43. The highest BCUT2D eigenvalue weighted by atomic mass is 32.1. The van der Waals surface area contributed by atoms with Gasteiger partial charge in [0, 0.05) is 12.4 Å². The third-order valence-corrected chi connectivity index (χ3v) is 2.92. The summed E-state index contributed by atoms with van der Waals surface area (Å²) in [5.74, 6) is 0.831. The number of rotatable bonds is 2. The molecule has 0 spiro atoms. The van der Waals surface area contributed by atoms with E-state index in [-0.39, 0.29) is 0 Å². The minimum absolute atomic E-state index is 0.831. The lowest BCUT2D eigenvalue weighted by atomic mass is 10.4. The molecule has 3 aromatic rings. The molecule has 74 valence electrons. The van der Waals surface area contributed by atoms with E-state index in [0.717, 1.165) is 16.0 Å². The van der Waals surface area contributed by atoms with Crippen LogP contribution in [-0.4, -0.2) is 14.6 Å². The van der Waals surface area contributed by atoms with Crippen molar-refractivity contribution >= 4 is 27.4 Å². The van der Waals surface area contributed by atoms with Gasteiger partial charge in [0.2, 0.25) is 0 Å². The van der Waals surface area contributed by atoms with Crippen LogP contribution >= 0.6 is 11.3 Å². The van der Waals surface area contributed by atoms with Crippen molar-refractivity contribution in [3.05, 3.63) is 42.3 Å². The van der Waals surface area contributed by atoms with Gasteiger partial charge in [0.15, 0.2) is 5.82 Å². The van der Waals surface area contributed by atoms with E-state index in [9.17, 15) is 0 Å². The molecular formula is C10H8N4S. The molecule has 0 aliphatic heterocycles. The van der Waals surface area contributed by atoms with Gasteiger partial charge in [-0.15, -0.1) is 11.3 Å². The Hall–Kier alpha value is -1.88. The zero-order valence-electron chi connectivity index (χ0n) is 7.79. The maximum absolute atomic E-state index is 4.22. The Morgan fingerprint density at radius 3 is 2.93 bits per heavy atom. The van der Waals surface area contributed by atoms with Gasteiger partial charge in [0.25, 0.3) is 0 Å². The summed E-state index contributed by atoms with van der Waals surface area (Å²) in [5, 5.41) is 3.07. The molecule has 4 nitrogen and oxygen atoms in total. The summed E-state index contributed by atoms with van der Waals surface area (Å²) in [6.45, 7) is 0. The maximum atomic E-state index is 4.22. The minimum atomic E-state index is 0.831. The zero-order valence-corrected chi connectivity index (χ0v) is 8.61. The van der Waals surface area contributed by atoms with Crippen molar-refractivity contribution in [3.8, 4) is 0 Å². The largest absolute Gasteiger partial charge is 0.277 e. The molecule has 0 aliphatic rings. The number of nitrogens with zero attached hydrogens (tertiary/aromatic N) is 3. The quantitative estimate of drug-likeness (QED) is 0.715. The monoisotopic (exact) mass is 216 g/mol. The van der Waals surface area contributed by atoms with E-state index >= 15 is 0 Å². The van der Waals surface area contributed by atoms with Crippen LogP contribution < -0.4 is 5.43 Å². The first-order valence-electron chi connectivity index (χ1n) is 4.52. The Balaban J connectivity index is 2.07. The van der Waals surface area contributed by atoms with Gasteiger partial charge in [0.1, 0.15) is 11.2 Å². The Bertz CT molecular complexity index is 570. The summed E-state index contributed by atoms with van der Waals surface area (Å²) >= 11 is 1.61. The second kappa shape index (κ2) is 3.36. The average Bonchev–Trinajstić information content (AvgIpc) is 2.87.